The maximum absolute atomic E-state index is 13.5. The molecule has 0 atom stereocenters. The van der Waals surface area contributed by atoms with Crippen LogP contribution in [0.5, 0.6) is 11.5 Å². The van der Waals surface area contributed by atoms with Crippen LogP contribution in [-0.4, -0.2) is 91.4 Å². The van der Waals surface area contributed by atoms with Crippen LogP contribution in [-0.2, 0) is 4.74 Å². The Kier molecular flexibility index (Phi) is 5.82. The summed E-state index contributed by atoms with van der Waals surface area (Å²) in [7, 11) is 0. The second-order valence-corrected chi connectivity index (χ2v) is 9.55. The normalized spacial score (nSPS) is 23.3. The first-order valence-electron chi connectivity index (χ1n) is 12.3. The van der Waals surface area contributed by atoms with Crippen LogP contribution in [0.2, 0.25) is 0 Å². The highest BCUT2D eigenvalue weighted by atomic mass is 19.3. The second kappa shape index (κ2) is 8.98. The average Bonchev–Trinajstić information content (AvgIpc) is 3.36. The molecule has 1 aromatic carbocycles. The van der Waals surface area contributed by atoms with Crippen molar-refractivity contribution in [2.24, 2.45) is 0 Å². The van der Waals surface area contributed by atoms with E-state index in [0.29, 0.717) is 5.92 Å². The summed E-state index contributed by atoms with van der Waals surface area (Å²) in [6.07, 6.45) is -0.152. The van der Waals surface area contributed by atoms with E-state index in [9.17, 15) is 8.78 Å². The summed E-state index contributed by atoms with van der Waals surface area (Å²) in [5.41, 5.74) is 1.86. The standard InChI is InChI=1S/C24H31F2N5O3/c25-24(26)33-21-5-4-19(16-22(21)34-24)31-20(18-2-1-3-18)17-23(27-31)30-10-8-28(9-11-30)6-7-29-12-14-32-15-13-29/h4-5,16-18H,1-3,6-15H2. The first-order chi connectivity index (χ1) is 16.5. The second-order valence-electron chi connectivity index (χ2n) is 9.55. The molecule has 0 spiro atoms. The molecule has 4 heterocycles. The summed E-state index contributed by atoms with van der Waals surface area (Å²) in [4.78, 5) is 7.34. The maximum Gasteiger partial charge on any atom is 0.586 e. The van der Waals surface area contributed by atoms with E-state index in [0.717, 1.165) is 95.6 Å². The summed E-state index contributed by atoms with van der Waals surface area (Å²) >= 11 is 0. The fraction of sp³-hybridized carbons (Fsp3) is 0.625. The molecule has 0 radical (unpaired) electrons. The number of ether oxygens (including phenoxy) is 3. The largest absolute Gasteiger partial charge is 0.586 e. The Labute approximate surface area is 197 Å². The molecule has 34 heavy (non-hydrogen) atoms. The molecule has 1 aliphatic carbocycles. The van der Waals surface area contributed by atoms with Crippen molar-refractivity contribution < 1.29 is 23.0 Å². The number of rotatable bonds is 6. The summed E-state index contributed by atoms with van der Waals surface area (Å²) in [5.74, 6) is 1.51. The van der Waals surface area contributed by atoms with Gasteiger partial charge >= 0.3 is 6.29 Å². The van der Waals surface area contributed by atoms with Crippen molar-refractivity contribution in [3.05, 3.63) is 30.0 Å². The number of anilines is 1. The molecule has 0 unspecified atom stereocenters. The van der Waals surface area contributed by atoms with Gasteiger partial charge in [0, 0.05) is 76.1 Å². The zero-order chi connectivity index (χ0) is 23.1. The number of piperazine rings is 1. The van der Waals surface area contributed by atoms with E-state index in [2.05, 4.69) is 30.2 Å². The number of aromatic nitrogens is 2. The Bertz CT molecular complexity index is 1010. The van der Waals surface area contributed by atoms with E-state index in [1.165, 1.54) is 12.5 Å². The van der Waals surface area contributed by atoms with E-state index >= 15 is 0 Å². The highest BCUT2D eigenvalue weighted by molar-refractivity contribution is 5.53. The van der Waals surface area contributed by atoms with Gasteiger partial charge in [-0.05, 0) is 25.0 Å². The van der Waals surface area contributed by atoms with Crippen LogP contribution in [0, 0.1) is 0 Å². The third-order valence-electron chi connectivity index (χ3n) is 7.41. The molecule has 2 saturated heterocycles. The molecule has 10 heteroatoms. The van der Waals surface area contributed by atoms with E-state index < -0.39 is 6.29 Å². The molecular formula is C24H31F2N5O3. The predicted molar refractivity (Wildman–Crippen MR) is 122 cm³/mol. The van der Waals surface area contributed by atoms with Crippen LogP contribution in [0.25, 0.3) is 5.69 Å². The maximum atomic E-state index is 13.5. The van der Waals surface area contributed by atoms with E-state index in [-0.39, 0.29) is 11.5 Å². The van der Waals surface area contributed by atoms with Crippen molar-refractivity contribution in [3.8, 4) is 17.2 Å². The molecule has 184 valence electrons. The number of benzene rings is 1. The third-order valence-corrected chi connectivity index (χ3v) is 7.41. The molecule has 1 aromatic heterocycles. The summed E-state index contributed by atoms with van der Waals surface area (Å²) in [6.45, 7) is 9.78. The van der Waals surface area contributed by atoms with Crippen LogP contribution in [0.4, 0.5) is 14.6 Å². The number of hydrogen-bond donors (Lipinski definition) is 0. The lowest BCUT2D eigenvalue weighted by Crippen LogP contribution is -2.49. The Morgan fingerprint density at radius 1 is 0.882 bits per heavy atom. The van der Waals surface area contributed by atoms with Gasteiger partial charge in [0.2, 0.25) is 0 Å². The number of nitrogens with zero attached hydrogens (tertiary/aromatic N) is 5. The predicted octanol–water partition coefficient (Wildman–Crippen LogP) is 2.92. The quantitative estimate of drug-likeness (QED) is 0.637. The van der Waals surface area contributed by atoms with Crippen molar-refractivity contribution in [2.45, 2.75) is 31.5 Å². The van der Waals surface area contributed by atoms with Gasteiger partial charge in [-0.25, -0.2) is 4.68 Å². The van der Waals surface area contributed by atoms with Gasteiger partial charge in [-0.3, -0.25) is 9.80 Å². The Balaban J connectivity index is 1.15. The number of hydrogen-bond acceptors (Lipinski definition) is 7. The van der Waals surface area contributed by atoms with E-state index in [1.54, 1.807) is 12.1 Å². The van der Waals surface area contributed by atoms with E-state index in [1.807, 2.05) is 4.68 Å². The molecule has 4 aliphatic rings. The zero-order valence-corrected chi connectivity index (χ0v) is 19.3. The summed E-state index contributed by atoms with van der Waals surface area (Å²) < 4.78 is 43.6. The van der Waals surface area contributed by atoms with E-state index in [4.69, 9.17) is 9.84 Å². The minimum atomic E-state index is -3.62. The highest BCUT2D eigenvalue weighted by Gasteiger charge is 2.43. The number of halogens is 2. The van der Waals surface area contributed by atoms with Gasteiger partial charge in [0.15, 0.2) is 17.3 Å². The van der Waals surface area contributed by atoms with Crippen LogP contribution in [0.15, 0.2) is 24.3 Å². The van der Waals surface area contributed by atoms with Crippen molar-refractivity contribution >= 4 is 5.82 Å². The van der Waals surface area contributed by atoms with Crippen molar-refractivity contribution in [1.82, 2.24) is 19.6 Å². The Morgan fingerprint density at radius 2 is 1.59 bits per heavy atom. The fourth-order valence-corrected chi connectivity index (χ4v) is 5.12. The van der Waals surface area contributed by atoms with Crippen molar-refractivity contribution in [2.75, 3.05) is 70.5 Å². The zero-order valence-electron chi connectivity index (χ0n) is 19.3. The van der Waals surface area contributed by atoms with Crippen LogP contribution >= 0.6 is 0 Å². The summed E-state index contributed by atoms with van der Waals surface area (Å²) in [6, 6.07) is 7.09. The lowest BCUT2D eigenvalue weighted by molar-refractivity contribution is -0.286. The first-order valence-corrected chi connectivity index (χ1v) is 12.3. The smallest absolute Gasteiger partial charge is 0.395 e. The molecule has 3 aliphatic heterocycles. The minimum Gasteiger partial charge on any atom is -0.395 e. The monoisotopic (exact) mass is 475 g/mol. The molecular weight excluding hydrogens is 444 g/mol. The third kappa shape index (κ3) is 4.46. The average molecular weight is 476 g/mol. The molecule has 0 bridgehead atoms. The first kappa shape index (κ1) is 22.1. The number of fused-ring (bicyclic) bond motifs is 1. The van der Waals surface area contributed by atoms with Crippen LogP contribution < -0.4 is 14.4 Å². The Hall–Kier alpha value is -2.43. The minimum absolute atomic E-state index is 0.0491. The van der Waals surface area contributed by atoms with Crippen molar-refractivity contribution in [3.63, 3.8) is 0 Å². The SMILES string of the molecule is FC1(F)Oc2ccc(-n3nc(N4CCN(CCN5CCOCC5)CC4)cc3C3CCC3)cc2O1. The topological polar surface area (TPSA) is 55.2 Å². The fourth-order valence-electron chi connectivity index (χ4n) is 5.12. The molecule has 6 rings (SSSR count). The van der Waals surface area contributed by atoms with Gasteiger partial charge in [0.05, 0.1) is 18.9 Å². The van der Waals surface area contributed by atoms with Crippen LogP contribution in [0.3, 0.4) is 0 Å². The van der Waals surface area contributed by atoms with Gasteiger partial charge in [-0.15, -0.1) is 13.9 Å². The molecule has 3 fully saturated rings. The van der Waals surface area contributed by atoms with Crippen LogP contribution in [0.1, 0.15) is 30.9 Å². The summed E-state index contributed by atoms with van der Waals surface area (Å²) in [5, 5.41) is 4.93. The molecule has 0 amide bonds. The van der Waals surface area contributed by atoms with Crippen molar-refractivity contribution in [1.29, 1.82) is 0 Å². The molecule has 1 saturated carbocycles. The number of morpholine rings is 1. The van der Waals surface area contributed by atoms with Gasteiger partial charge in [0.1, 0.15) is 0 Å². The molecule has 2 aromatic rings. The lowest BCUT2D eigenvalue weighted by atomic mass is 9.83. The lowest BCUT2D eigenvalue weighted by Gasteiger charge is -2.36. The van der Waals surface area contributed by atoms with Gasteiger partial charge in [-0.1, -0.05) is 6.42 Å². The number of alkyl halides is 2. The van der Waals surface area contributed by atoms with Gasteiger partial charge in [-0.2, -0.15) is 0 Å². The van der Waals surface area contributed by atoms with Gasteiger partial charge < -0.3 is 19.1 Å². The van der Waals surface area contributed by atoms with Gasteiger partial charge in [0.25, 0.3) is 0 Å². The molecule has 0 N–H and O–H groups in total. The molecule has 8 nitrogen and oxygen atoms in total. The Morgan fingerprint density at radius 3 is 2.29 bits per heavy atom. The highest BCUT2D eigenvalue weighted by Crippen LogP contribution is 2.43.